The molecule has 1 fully saturated rings. The zero-order chi connectivity index (χ0) is 26.2. The minimum absolute atomic E-state index is 0.143. The maximum absolute atomic E-state index is 12.2. The molecule has 0 aliphatic carbocycles. The summed E-state index contributed by atoms with van der Waals surface area (Å²) in [5.41, 5.74) is 5.30. The van der Waals surface area contributed by atoms with Crippen molar-refractivity contribution in [3.05, 3.63) is 85.8 Å². The van der Waals surface area contributed by atoms with E-state index in [4.69, 9.17) is 37.4 Å². The van der Waals surface area contributed by atoms with Crippen molar-refractivity contribution in [2.45, 2.75) is 11.2 Å². The van der Waals surface area contributed by atoms with E-state index in [1.165, 1.54) is 23.3 Å². The number of hydrogen-bond acceptors (Lipinski definition) is 7. The Morgan fingerprint density at radius 1 is 1.05 bits per heavy atom. The molecule has 1 heterocycles. The maximum Gasteiger partial charge on any atom is 0.277 e. The normalized spacial score (nSPS) is 13.6. The molecule has 1 aliphatic rings. The second-order valence-electron chi connectivity index (χ2n) is 7.79. The highest BCUT2D eigenvalue weighted by Gasteiger charge is 2.18. The number of carbonyl (C=O) groups excluding carboxylic acids is 1. The van der Waals surface area contributed by atoms with Crippen LogP contribution in [0.4, 0.5) is 0 Å². The fourth-order valence-corrected chi connectivity index (χ4v) is 6.94. The molecular weight excluding hydrogens is 619 g/mol. The van der Waals surface area contributed by atoms with Crippen LogP contribution < -0.4 is 19.6 Å². The van der Waals surface area contributed by atoms with Crippen molar-refractivity contribution in [1.29, 1.82) is 0 Å². The lowest BCUT2D eigenvalue weighted by Crippen LogP contribution is -2.24. The summed E-state index contributed by atoms with van der Waals surface area (Å²) in [6, 6.07) is 16.7. The van der Waals surface area contributed by atoms with E-state index in [1.54, 1.807) is 31.4 Å². The number of methoxy groups -OCH3 is 1. The molecule has 11 heteroatoms. The van der Waals surface area contributed by atoms with Gasteiger partial charge in [0.15, 0.2) is 18.1 Å². The van der Waals surface area contributed by atoms with Crippen LogP contribution >= 0.6 is 62.7 Å². The summed E-state index contributed by atoms with van der Waals surface area (Å²) in [6.45, 7) is 0.139. The number of rotatable bonds is 10. The Bertz CT molecular complexity index is 1270. The standard InChI is InChI=1S/C26H23BrCl2N2O4S2/c1-33-23-11-18(20(27)12-24(23)35-14-16-2-7-21(28)22(29)10-16)13-30-31-25(32)15-34-19-5-3-17(4-6-19)26-36-8-9-37-26/h2-7,10-13,26H,8-9,14-15H2,1H3,(H,31,32)/b30-13-. The van der Waals surface area contributed by atoms with Gasteiger partial charge < -0.3 is 14.2 Å². The van der Waals surface area contributed by atoms with Gasteiger partial charge >= 0.3 is 0 Å². The third kappa shape index (κ3) is 7.97. The SMILES string of the molecule is COc1cc(/C=N\NC(=O)COc2ccc(C3SCCS3)cc2)c(Br)cc1OCc1ccc(Cl)c(Cl)c1. The molecule has 0 aromatic heterocycles. The number of thioether (sulfide) groups is 2. The van der Waals surface area contributed by atoms with E-state index in [-0.39, 0.29) is 19.1 Å². The van der Waals surface area contributed by atoms with E-state index >= 15 is 0 Å². The van der Waals surface area contributed by atoms with Gasteiger partial charge in [-0.1, -0.05) is 41.4 Å². The molecule has 6 nitrogen and oxygen atoms in total. The molecule has 37 heavy (non-hydrogen) atoms. The third-order valence-corrected chi connectivity index (χ3v) is 9.73. The molecule has 0 saturated carbocycles. The number of hydrazone groups is 1. The molecule has 1 saturated heterocycles. The molecule has 0 unspecified atom stereocenters. The van der Waals surface area contributed by atoms with Gasteiger partial charge in [0.05, 0.1) is 28.0 Å². The summed E-state index contributed by atoms with van der Waals surface area (Å²) in [5, 5.41) is 4.98. The molecular formula is C26H23BrCl2N2O4S2. The maximum atomic E-state index is 12.2. The lowest BCUT2D eigenvalue weighted by atomic mass is 10.2. The molecule has 0 bridgehead atoms. The van der Waals surface area contributed by atoms with E-state index in [1.807, 2.05) is 53.9 Å². The number of ether oxygens (including phenoxy) is 3. The quantitative estimate of drug-likeness (QED) is 0.184. The van der Waals surface area contributed by atoms with Crippen molar-refractivity contribution in [3.8, 4) is 17.2 Å². The van der Waals surface area contributed by atoms with Crippen LogP contribution in [0, 0.1) is 0 Å². The molecule has 0 atom stereocenters. The van der Waals surface area contributed by atoms with Crippen molar-refractivity contribution in [1.82, 2.24) is 5.43 Å². The van der Waals surface area contributed by atoms with Gasteiger partial charge in [-0.05, 0) is 63.5 Å². The monoisotopic (exact) mass is 640 g/mol. The Hall–Kier alpha value is -2.04. The summed E-state index contributed by atoms with van der Waals surface area (Å²) in [4.78, 5) is 12.2. The number of hydrogen-bond donors (Lipinski definition) is 1. The number of nitrogens with one attached hydrogen (secondary N) is 1. The van der Waals surface area contributed by atoms with Crippen molar-refractivity contribution < 1.29 is 19.0 Å². The van der Waals surface area contributed by atoms with Gasteiger partial charge in [-0.2, -0.15) is 5.10 Å². The molecule has 194 valence electrons. The summed E-state index contributed by atoms with van der Waals surface area (Å²) < 4.78 is 18.1. The minimum Gasteiger partial charge on any atom is -0.493 e. The van der Waals surface area contributed by atoms with Crippen molar-refractivity contribution in [3.63, 3.8) is 0 Å². The molecule has 1 amide bonds. The fraction of sp³-hybridized carbons (Fsp3) is 0.231. The summed E-state index contributed by atoms with van der Waals surface area (Å²) >= 11 is 19.5. The zero-order valence-corrected chi connectivity index (χ0v) is 24.4. The van der Waals surface area contributed by atoms with Crippen LogP contribution in [0.2, 0.25) is 10.0 Å². The van der Waals surface area contributed by atoms with Gasteiger partial charge in [0, 0.05) is 21.5 Å². The predicted molar refractivity (Wildman–Crippen MR) is 157 cm³/mol. The predicted octanol–water partition coefficient (Wildman–Crippen LogP) is 7.35. The van der Waals surface area contributed by atoms with Crippen LogP contribution in [0.25, 0.3) is 0 Å². The Morgan fingerprint density at radius 3 is 2.51 bits per heavy atom. The van der Waals surface area contributed by atoms with Gasteiger partial charge in [-0.3, -0.25) is 4.79 Å². The van der Waals surface area contributed by atoms with Crippen LogP contribution in [0.5, 0.6) is 17.2 Å². The minimum atomic E-state index is -0.369. The number of halogens is 3. The Morgan fingerprint density at radius 2 is 1.81 bits per heavy atom. The number of nitrogens with zero attached hydrogens (tertiary/aromatic N) is 1. The Labute approximate surface area is 242 Å². The lowest BCUT2D eigenvalue weighted by Gasteiger charge is -2.13. The second kappa shape index (κ2) is 13.7. The average Bonchev–Trinajstić information content (AvgIpc) is 3.44. The molecule has 4 rings (SSSR count). The molecule has 1 aliphatic heterocycles. The van der Waals surface area contributed by atoms with Gasteiger partial charge in [-0.15, -0.1) is 23.5 Å². The molecule has 0 spiro atoms. The fourth-order valence-electron chi connectivity index (χ4n) is 3.34. The zero-order valence-electron chi connectivity index (χ0n) is 19.7. The first-order valence-electron chi connectivity index (χ1n) is 11.1. The van der Waals surface area contributed by atoms with Crippen LogP contribution in [0.15, 0.2) is 64.2 Å². The van der Waals surface area contributed by atoms with Crippen molar-refractivity contribution >= 4 is 74.8 Å². The van der Waals surface area contributed by atoms with E-state index in [9.17, 15) is 4.79 Å². The Kier molecular flexibility index (Phi) is 10.3. The third-order valence-electron chi connectivity index (χ3n) is 5.20. The van der Waals surface area contributed by atoms with Crippen LogP contribution in [0.3, 0.4) is 0 Å². The largest absolute Gasteiger partial charge is 0.493 e. The van der Waals surface area contributed by atoms with Crippen LogP contribution in [-0.4, -0.2) is 37.3 Å². The van der Waals surface area contributed by atoms with Crippen LogP contribution in [0.1, 0.15) is 21.3 Å². The van der Waals surface area contributed by atoms with E-state index in [2.05, 4.69) is 26.5 Å². The number of amides is 1. The highest BCUT2D eigenvalue weighted by Crippen LogP contribution is 2.45. The average molecular weight is 642 g/mol. The first-order valence-corrected chi connectivity index (χ1v) is 14.8. The number of benzene rings is 3. The first-order chi connectivity index (χ1) is 17.9. The highest BCUT2D eigenvalue weighted by molar-refractivity contribution is 9.10. The molecule has 3 aromatic rings. The van der Waals surface area contributed by atoms with Gasteiger partial charge in [0.1, 0.15) is 12.4 Å². The number of carbonyl (C=O) groups is 1. The summed E-state index contributed by atoms with van der Waals surface area (Å²) in [5.74, 6) is 3.67. The highest BCUT2D eigenvalue weighted by atomic mass is 79.9. The lowest BCUT2D eigenvalue weighted by molar-refractivity contribution is -0.123. The smallest absolute Gasteiger partial charge is 0.277 e. The van der Waals surface area contributed by atoms with Crippen LogP contribution in [-0.2, 0) is 11.4 Å². The first kappa shape index (κ1) is 28.0. The molecule has 3 aromatic carbocycles. The second-order valence-corrected chi connectivity index (χ2v) is 12.2. The van der Waals surface area contributed by atoms with Gasteiger partial charge in [-0.25, -0.2) is 5.43 Å². The van der Waals surface area contributed by atoms with Crippen molar-refractivity contribution in [2.75, 3.05) is 25.2 Å². The Balaban J connectivity index is 1.29. The topological polar surface area (TPSA) is 69.2 Å². The van der Waals surface area contributed by atoms with Gasteiger partial charge in [0.25, 0.3) is 5.91 Å². The molecule has 0 radical (unpaired) electrons. The molecule has 1 N–H and O–H groups in total. The van der Waals surface area contributed by atoms with E-state index in [0.29, 0.717) is 41.9 Å². The van der Waals surface area contributed by atoms with Gasteiger partial charge in [0.2, 0.25) is 0 Å². The van der Waals surface area contributed by atoms with E-state index < -0.39 is 0 Å². The van der Waals surface area contributed by atoms with E-state index in [0.717, 1.165) is 5.56 Å². The van der Waals surface area contributed by atoms with Crippen molar-refractivity contribution in [2.24, 2.45) is 5.10 Å². The summed E-state index contributed by atoms with van der Waals surface area (Å²) in [7, 11) is 1.55. The summed E-state index contributed by atoms with van der Waals surface area (Å²) in [6.07, 6.45) is 1.51.